The lowest BCUT2D eigenvalue weighted by Crippen LogP contribution is -2.58. The third-order valence-electron chi connectivity index (χ3n) is 15.0. The average Bonchev–Trinajstić information content (AvgIpc) is 4.16. The maximum atomic E-state index is 14.0. The van der Waals surface area contributed by atoms with E-state index in [0.717, 1.165) is 103 Å². The van der Waals surface area contributed by atoms with Crippen LogP contribution >= 0.6 is 11.3 Å². The number of aliphatic hydroxyl groups excluding tert-OH is 2. The van der Waals surface area contributed by atoms with Crippen molar-refractivity contribution in [3.63, 3.8) is 0 Å². The summed E-state index contributed by atoms with van der Waals surface area (Å²) in [6.45, 7) is 14.0. The molecule has 8 rings (SSSR count). The van der Waals surface area contributed by atoms with E-state index < -0.39 is 53.1 Å². The number of anilines is 1. The predicted molar refractivity (Wildman–Crippen MR) is 300 cm³/mol. The molecule has 5 N–H and O–H groups in total. The first-order valence-corrected chi connectivity index (χ1v) is 28.1. The van der Waals surface area contributed by atoms with Gasteiger partial charge in [-0.3, -0.25) is 34.3 Å². The van der Waals surface area contributed by atoms with Crippen LogP contribution in [0.5, 0.6) is 0 Å². The second kappa shape index (κ2) is 28.2. The third kappa shape index (κ3) is 16.4. The Bertz CT molecular complexity index is 2840. The Labute approximate surface area is 470 Å². The molecule has 1 saturated carbocycles. The SMILES string of the molecule is C.Cc1ncsc1-c1ccc(CNC(=O)[C@@H]2C[C@@H](O)CN2C(=O)[C@@H](NC(=O)COCCOCCOCCN2CCN(Cc3ccc4c(c3)nc(NC(=O)c3cccc(C(F)(F)F)c3)n4C3CCC(CO)CC3)CC2)C(C)(C)C)cc1. The number of imidazole rings is 1. The number of benzene rings is 3. The van der Waals surface area contributed by atoms with Gasteiger partial charge in [0.05, 0.1) is 71.8 Å². The number of amides is 4. The van der Waals surface area contributed by atoms with Gasteiger partial charge in [-0.25, -0.2) is 9.97 Å². The molecule has 0 bridgehead atoms. The summed E-state index contributed by atoms with van der Waals surface area (Å²) in [4.78, 5) is 70.2. The number of nitrogens with zero attached hydrogens (tertiary/aromatic N) is 6. The van der Waals surface area contributed by atoms with E-state index in [2.05, 4.69) is 36.8 Å². The zero-order valence-electron chi connectivity index (χ0n) is 45.4. The molecular weight excluding hydrogens is 1060 g/mol. The van der Waals surface area contributed by atoms with Crippen molar-refractivity contribution in [2.75, 3.05) is 90.8 Å². The molecule has 4 amide bonds. The normalized spacial score (nSPS) is 19.6. The molecule has 436 valence electrons. The van der Waals surface area contributed by atoms with E-state index in [4.69, 9.17) is 19.2 Å². The number of hydrogen-bond acceptors (Lipinski definition) is 14. The van der Waals surface area contributed by atoms with Gasteiger partial charge in [-0.15, -0.1) is 11.3 Å². The van der Waals surface area contributed by atoms with Crippen molar-refractivity contribution < 1.29 is 56.8 Å². The number of alkyl halides is 3. The minimum absolute atomic E-state index is 0. The van der Waals surface area contributed by atoms with Gasteiger partial charge in [-0.1, -0.05) is 64.6 Å². The number of ether oxygens (including phenoxy) is 3. The van der Waals surface area contributed by atoms with Gasteiger partial charge in [0.15, 0.2) is 0 Å². The number of aliphatic hydroxyl groups is 2. The number of rotatable bonds is 23. The van der Waals surface area contributed by atoms with Crippen molar-refractivity contribution in [1.29, 1.82) is 0 Å². The number of carbonyl (C=O) groups is 4. The quantitative estimate of drug-likeness (QED) is 0.0415. The molecule has 2 aliphatic heterocycles. The van der Waals surface area contributed by atoms with E-state index >= 15 is 0 Å². The Hall–Kier alpha value is -5.85. The van der Waals surface area contributed by atoms with Gasteiger partial charge in [0.25, 0.3) is 5.91 Å². The molecule has 80 heavy (non-hydrogen) atoms. The Morgan fingerprint density at radius 3 is 2.19 bits per heavy atom. The molecule has 3 aromatic carbocycles. The van der Waals surface area contributed by atoms with Gasteiger partial charge < -0.3 is 44.5 Å². The van der Waals surface area contributed by atoms with Crippen molar-refractivity contribution in [2.45, 2.75) is 111 Å². The van der Waals surface area contributed by atoms with Gasteiger partial charge in [0, 0.05) is 77.0 Å². The smallest absolute Gasteiger partial charge is 0.396 e. The highest BCUT2D eigenvalue weighted by Gasteiger charge is 2.44. The second-order valence-corrected chi connectivity index (χ2v) is 22.7. The highest BCUT2D eigenvalue weighted by molar-refractivity contribution is 7.13. The van der Waals surface area contributed by atoms with Crippen LogP contribution in [0.2, 0.25) is 0 Å². The monoisotopic (exact) mass is 1130 g/mol. The van der Waals surface area contributed by atoms with E-state index in [1.165, 1.54) is 17.0 Å². The van der Waals surface area contributed by atoms with E-state index in [0.29, 0.717) is 31.9 Å². The summed E-state index contributed by atoms with van der Waals surface area (Å²) in [5.41, 5.74) is 5.53. The Morgan fingerprint density at radius 2 is 1.52 bits per heavy atom. The highest BCUT2D eigenvalue weighted by Crippen LogP contribution is 2.38. The van der Waals surface area contributed by atoms with E-state index in [-0.39, 0.29) is 82.7 Å². The van der Waals surface area contributed by atoms with Gasteiger partial charge in [0.2, 0.25) is 23.7 Å². The van der Waals surface area contributed by atoms with Crippen molar-refractivity contribution in [3.05, 3.63) is 100 Å². The molecule has 22 heteroatoms. The number of β-amino-alcohol motifs (C(OH)–C–C–N with tert-alkyl or cyclic N) is 1. The van der Waals surface area contributed by atoms with E-state index in [1.807, 2.05) is 68.7 Å². The molecule has 5 aromatic rings. The molecule has 4 heterocycles. The van der Waals surface area contributed by atoms with Crippen LogP contribution < -0.4 is 16.0 Å². The molecule has 0 spiro atoms. The van der Waals surface area contributed by atoms with E-state index in [9.17, 15) is 42.6 Å². The van der Waals surface area contributed by atoms with Crippen LogP contribution in [0.1, 0.15) is 99.1 Å². The third-order valence-corrected chi connectivity index (χ3v) is 16.0. The number of fused-ring (bicyclic) bond motifs is 1. The molecule has 0 unspecified atom stereocenters. The number of hydrogen-bond donors (Lipinski definition) is 5. The summed E-state index contributed by atoms with van der Waals surface area (Å²) >= 11 is 1.57. The molecule has 2 saturated heterocycles. The average molecular weight is 1130 g/mol. The van der Waals surface area contributed by atoms with Crippen LogP contribution in [-0.4, -0.2) is 167 Å². The minimum atomic E-state index is -4.58. The van der Waals surface area contributed by atoms with Crippen molar-refractivity contribution in [1.82, 2.24) is 39.9 Å². The van der Waals surface area contributed by atoms with Crippen LogP contribution in [0.15, 0.2) is 72.2 Å². The Kier molecular flexibility index (Phi) is 21.8. The predicted octanol–water partition coefficient (Wildman–Crippen LogP) is 7.08. The number of piperazine rings is 1. The maximum Gasteiger partial charge on any atom is 0.416 e. The number of nitrogens with one attached hydrogen (secondary N) is 3. The number of aromatic nitrogens is 3. The number of carbonyl (C=O) groups excluding carboxylic acids is 4. The minimum Gasteiger partial charge on any atom is -0.396 e. The fourth-order valence-corrected chi connectivity index (χ4v) is 11.3. The van der Waals surface area contributed by atoms with Crippen molar-refractivity contribution in [2.24, 2.45) is 11.3 Å². The van der Waals surface area contributed by atoms with Crippen LogP contribution in [0.4, 0.5) is 19.1 Å². The van der Waals surface area contributed by atoms with Gasteiger partial charge in [-0.05, 0) is 91.0 Å². The Balaban J connectivity index is 0.00000924. The topological polar surface area (TPSA) is 213 Å². The molecule has 1 aliphatic carbocycles. The fourth-order valence-electron chi connectivity index (χ4n) is 10.5. The van der Waals surface area contributed by atoms with Crippen LogP contribution in [0, 0.1) is 18.3 Å². The molecule has 3 aliphatic rings. The molecular formula is C58H78F3N9O9S. The lowest BCUT2D eigenvalue weighted by atomic mass is 9.85. The standard InChI is InChI=1S/C57H74F3N9O9S.CH4/c1-37-50(79-36-62-37)41-13-8-38(9-14-41)31-61-53(74)48-30-45(71)33-68(48)54(75)51(56(2,3)4)64-49(72)35-78-27-26-77-25-24-76-23-22-66-18-20-67(21-19-66)32-40-12-17-47-46(28-40)63-55(69(47)44-15-10-39(34-70)11-16-44)65-52(73)42-6-5-7-43(29-42)57(58,59)60;/h5-9,12-14,17,28-29,36,39,44-45,48,51,70-71H,10-11,15-16,18-27,30-35H2,1-4H3,(H,61,74)(H,64,72)(H,63,65,73);1H4/t39?,44?,45-,48+,51-;/m1./s1. The molecule has 3 atom stereocenters. The zero-order chi connectivity index (χ0) is 56.3. The van der Waals surface area contributed by atoms with Crippen LogP contribution in [0.3, 0.4) is 0 Å². The largest absolute Gasteiger partial charge is 0.416 e. The lowest BCUT2D eigenvalue weighted by molar-refractivity contribution is -0.144. The number of halogens is 3. The Morgan fingerprint density at radius 1 is 0.850 bits per heavy atom. The number of likely N-dealkylation sites (tertiary alicyclic amines) is 1. The van der Waals surface area contributed by atoms with E-state index in [1.54, 1.807) is 16.8 Å². The maximum absolute atomic E-state index is 14.0. The molecule has 18 nitrogen and oxygen atoms in total. The zero-order valence-corrected chi connectivity index (χ0v) is 46.3. The van der Waals surface area contributed by atoms with Crippen molar-refractivity contribution in [3.8, 4) is 10.4 Å². The highest BCUT2D eigenvalue weighted by atomic mass is 32.1. The van der Waals surface area contributed by atoms with Gasteiger partial charge in [0.1, 0.15) is 18.7 Å². The summed E-state index contributed by atoms with van der Waals surface area (Å²) in [5.74, 6) is -1.51. The van der Waals surface area contributed by atoms with Gasteiger partial charge in [-0.2, -0.15) is 13.2 Å². The lowest BCUT2D eigenvalue weighted by Gasteiger charge is -2.35. The summed E-state index contributed by atoms with van der Waals surface area (Å²) in [6, 6.07) is 16.4. The molecule has 2 aromatic heterocycles. The summed E-state index contributed by atoms with van der Waals surface area (Å²) < 4.78 is 59.5. The number of aryl methyl sites for hydroxylation is 1. The first kappa shape index (κ1) is 61.8. The van der Waals surface area contributed by atoms with Gasteiger partial charge >= 0.3 is 6.18 Å². The van der Waals surface area contributed by atoms with Crippen LogP contribution in [0.25, 0.3) is 21.5 Å². The molecule has 3 fully saturated rings. The van der Waals surface area contributed by atoms with Crippen molar-refractivity contribution >= 4 is 51.9 Å². The number of thiazole rings is 1. The first-order chi connectivity index (χ1) is 37.8. The summed E-state index contributed by atoms with van der Waals surface area (Å²) in [6.07, 6.45) is -2.21. The first-order valence-electron chi connectivity index (χ1n) is 27.2. The molecule has 0 radical (unpaired) electrons. The summed E-state index contributed by atoms with van der Waals surface area (Å²) in [5, 5.41) is 28.9. The summed E-state index contributed by atoms with van der Waals surface area (Å²) in [7, 11) is 0. The fraction of sp³-hybridized carbons (Fsp3) is 0.552. The second-order valence-electron chi connectivity index (χ2n) is 21.9. The van der Waals surface area contributed by atoms with Crippen LogP contribution in [-0.2, 0) is 47.9 Å².